The zero-order chi connectivity index (χ0) is 20.8. The quantitative estimate of drug-likeness (QED) is 0.823. The third-order valence-corrected chi connectivity index (χ3v) is 5.87. The van der Waals surface area contributed by atoms with E-state index in [1.54, 1.807) is 18.7 Å². The number of nitrogens with one attached hydrogen (secondary N) is 1. The molecule has 152 valence electrons. The summed E-state index contributed by atoms with van der Waals surface area (Å²) >= 11 is 0. The van der Waals surface area contributed by atoms with Crippen molar-refractivity contribution >= 4 is 11.6 Å². The van der Waals surface area contributed by atoms with Crippen molar-refractivity contribution in [1.29, 1.82) is 0 Å². The Morgan fingerprint density at radius 1 is 1.17 bits per heavy atom. The molecular weight excluding hydrogens is 362 g/mol. The van der Waals surface area contributed by atoms with Gasteiger partial charge in [0, 0.05) is 18.7 Å². The second-order valence-corrected chi connectivity index (χ2v) is 8.79. The number of hydrogen-bond acceptors (Lipinski definition) is 2. The van der Waals surface area contributed by atoms with E-state index in [1.165, 1.54) is 22.3 Å². The van der Waals surface area contributed by atoms with Crippen LogP contribution in [0.1, 0.15) is 52.0 Å². The van der Waals surface area contributed by atoms with Crippen LogP contribution in [0.4, 0.5) is 5.69 Å². The first-order valence-electron chi connectivity index (χ1n) is 10.2. The van der Waals surface area contributed by atoms with E-state index in [0.717, 1.165) is 34.8 Å². The maximum absolute atomic E-state index is 12.9. The zero-order valence-electron chi connectivity index (χ0n) is 17.6. The minimum Gasteiger partial charge on any atom is -0.440 e. The first kappa shape index (κ1) is 19.8. The Morgan fingerprint density at radius 2 is 1.90 bits per heavy atom. The topological polar surface area (TPSA) is 59.1 Å². The molecule has 1 unspecified atom stereocenters. The summed E-state index contributed by atoms with van der Waals surface area (Å²) in [5.74, 6) is 0.0212. The Hall–Kier alpha value is -2.47. The van der Waals surface area contributed by atoms with Gasteiger partial charge in [0.1, 0.15) is 5.69 Å². The van der Waals surface area contributed by atoms with E-state index in [4.69, 9.17) is 0 Å². The van der Waals surface area contributed by atoms with Crippen LogP contribution in [-0.4, -0.2) is 34.6 Å². The number of carbonyl (C=O) groups excluding carboxylic acids is 1. The first-order valence-corrected chi connectivity index (χ1v) is 10.2. The van der Waals surface area contributed by atoms with Gasteiger partial charge in [-0.1, -0.05) is 18.7 Å². The highest BCUT2D eigenvalue weighted by atomic mass is 16.3. The Balaban J connectivity index is 1.58. The number of fused-ring (bicyclic) bond motifs is 1. The molecule has 0 aliphatic carbocycles. The van der Waals surface area contributed by atoms with Crippen LogP contribution in [-0.2, 0) is 13.0 Å². The van der Waals surface area contributed by atoms with Crippen molar-refractivity contribution in [3.05, 3.63) is 81.4 Å². The number of benzene rings is 2. The van der Waals surface area contributed by atoms with Crippen LogP contribution in [0.15, 0.2) is 42.6 Å². The molecule has 0 aromatic heterocycles. The van der Waals surface area contributed by atoms with Gasteiger partial charge in [0.25, 0.3) is 5.91 Å². The minimum atomic E-state index is -0.899. The number of carbonyl (C=O) groups is 1. The lowest BCUT2D eigenvalue weighted by molar-refractivity contribution is -0.726. The third-order valence-electron chi connectivity index (χ3n) is 5.87. The largest absolute Gasteiger partial charge is 0.440 e. The second kappa shape index (κ2) is 7.41. The van der Waals surface area contributed by atoms with Gasteiger partial charge in [-0.3, -0.25) is 4.79 Å². The predicted octanol–water partition coefficient (Wildman–Crippen LogP) is 2.95. The molecule has 1 amide bonds. The van der Waals surface area contributed by atoms with Crippen molar-refractivity contribution in [2.45, 2.75) is 46.3 Å². The lowest BCUT2D eigenvalue weighted by atomic mass is 9.91. The molecule has 2 heterocycles. The average molecular weight is 392 g/mol. The van der Waals surface area contributed by atoms with Gasteiger partial charge in [-0.05, 0) is 86.2 Å². The highest BCUT2D eigenvalue weighted by Crippen LogP contribution is 2.32. The van der Waals surface area contributed by atoms with Gasteiger partial charge in [0.15, 0.2) is 0 Å². The molecule has 0 radical (unpaired) electrons. The van der Waals surface area contributed by atoms with Crippen molar-refractivity contribution < 1.29 is 14.9 Å². The molecule has 5 heteroatoms. The summed E-state index contributed by atoms with van der Waals surface area (Å²) < 4.78 is 0. The highest BCUT2D eigenvalue weighted by molar-refractivity contribution is 5.99. The molecule has 1 atom stereocenters. The number of hydrogen-bond donors (Lipinski definition) is 2. The van der Waals surface area contributed by atoms with E-state index in [0.29, 0.717) is 13.1 Å². The number of quaternary nitrogens is 1. The van der Waals surface area contributed by atoms with E-state index in [9.17, 15) is 9.90 Å². The molecule has 0 spiro atoms. The Kier molecular flexibility index (Phi) is 5.07. The average Bonchev–Trinajstić information content (AvgIpc) is 3.29. The lowest BCUT2D eigenvalue weighted by Gasteiger charge is -2.25. The number of β-amino-alcohol motifs (C(OH)–C–C–N with tert-alkyl or cyclic N) is 1. The molecule has 0 saturated heterocycles. The van der Waals surface area contributed by atoms with Crippen LogP contribution in [0.3, 0.4) is 0 Å². The summed E-state index contributed by atoms with van der Waals surface area (Å²) in [4.78, 5) is 14.7. The van der Waals surface area contributed by atoms with Gasteiger partial charge in [0.2, 0.25) is 0 Å². The normalized spacial score (nSPS) is 18.6. The van der Waals surface area contributed by atoms with Crippen molar-refractivity contribution in [3.8, 4) is 0 Å². The van der Waals surface area contributed by atoms with Crippen molar-refractivity contribution in [2.75, 3.05) is 13.1 Å². The molecule has 2 aliphatic heterocycles. The van der Waals surface area contributed by atoms with E-state index in [1.807, 2.05) is 0 Å². The fourth-order valence-electron chi connectivity index (χ4n) is 4.21. The fourth-order valence-corrected chi connectivity index (χ4v) is 4.21. The minimum absolute atomic E-state index is 0.0212. The number of amides is 1. The number of aliphatic hydroxyl groups is 1. The summed E-state index contributed by atoms with van der Waals surface area (Å²) in [5.41, 5.74) is 11.4. The molecule has 29 heavy (non-hydrogen) atoms. The maximum atomic E-state index is 12.9. The summed E-state index contributed by atoms with van der Waals surface area (Å²) in [6, 6.07) is 10.6. The van der Waals surface area contributed by atoms with Crippen LogP contribution in [0.2, 0.25) is 0 Å². The molecule has 0 saturated carbocycles. The summed E-state index contributed by atoms with van der Waals surface area (Å²) in [6.45, 7) is 9.41. The van der Waals surface area contributed by atoms with Gasteiger partial charge in [-0.15, -0.1) is 0 Å². The molecule has 0 bridgehead atoms. The molecule has 2 aromatic rings. The smallest absolute Gasteiger partial charge is 0.254 e. The molecule has 2 aliphatic rings. The van der Waals surface area contributed by atoms with Crippen LogP contribution in [0, 0.1) is 13.8 Å². The van der Waals surface area contributed by atoms with E-state index >= 15 is 0 Å². The van der Waals surface area contributed by atoms with Gasteiger partial charge >= 0.3 is 0 Å². The van der Waals surface area contributed by atoms with Crippen LogP contribution < -0.4 is 5.01 Å². The van der Waals surface area contributed by atoms with Gasteiger partial charge in [-0.2, -0.15) is 0 Å². The molecular formula is C24H29N3O2. The SMILES string of the molecule is Cc1c(Cc2ccc([NH+]3C=CC[N-]3)cc2)cc2c(c1C)CN(CC(C)(C)O)C2=O. The second-order valence-electron chi connectivity index (χ2n) is 8.79. The molecule has 2 aromatic carbocycles. The van der Waals surface area contributed by atoms with E-state index in [2.05, 4.69) is 61.9 Å². The number of nitrogens with zero attached hydrogens (tertiary/aromatic N) is 2. The van der Waals surface area contributed by atoms with Crippen LogP contribution in [0.25, 0.3) is 5.43 Å². The molecule has 0 fully saturated rings. The van der Waals surface area contributed by atoms with Gasteiger partial charge in [0.05, 0.1) is 11.8 Å². The monoisotopic (exact) mass is 391 g/mol. The van der Waals surface area contributed by atoms with Crippen molar-refractivity contribution in [3.63, 3.8) is 0 Å². The van der Waals surface area contributed by atoms with Crippen molar-refractivity contribution in [1.82, 2.24) is 4.90 Å². The molecule has 5 nitrogen and oxygen atoms in total. The number of rotatable bonds is 5. The van der Waals surface area contributed by atoms with Gasteiger partial charge in [-0.25, -0.2) is 0 Å². The van der Waals surface area contributed by atoms with E-state index < -0.39 is 5.60 Å². The molecule has 4 rings (SSSR count). The Bertz CT molecular complexity index is 971. The predicted molar refractivity (Wildman–Crippen MR) is 114 cm³/mol. The standard InChI is InChI=1S/C24H29N3O2/c1-16-17(2)22-14-26(15-24(3,4)29)23(28)21(22)13-19(16)12-18-6-8-20(9-7-18)27-11-5-10-25-27/h5-9,11,13,27,29H,10,12,14-15H2,1-4H3. The fraction of sp³-hybridized carbons (Fsp3) is 0.375. The first-order chi connectivity index (χ1) is 13.7. The van der Waals surface area contributed by atoms with Crippen LogP contribution >= 0.6 is 0 Å². The van der Waals surface area contributed by atoms with Gasteiger partial charge < -0.3 is 20.4 Å². The Labute approximate surface area is 172 Å². The van der Waals surface area contributed by atoms with E-state index in [-0.39, 0.29) is 5.91 Å². The maximum Gasteiger partial charge on any atom is 0.254 e. The zero-order valence-corrected chi connectivity index (χ0v) is 17.6. The third kappa shape index (κ3) is 3.99. The molecule has 2 N–H and O–H groups in total. The summed E-state index contributed by atoms with van der Waals surface area (Å²) in [5, 5.41) is 11.2. The highest BCUT2D eigenvalue weighted by Gasteiger charge is 2.33. The lowest BCUT2D eigenvalue weighted by Crippen LogP contribution is -2.96. The Morgan fingerprint density at radius 3 is 2.52 bits per heavy atom. The van der Waals surface area contributed by atoms with Crippen molar-refractivity contribution in [2.24, 2.45) is 0 Å². The summed E-state index contributed by atoms with van der Waals surface area (Å²) in [7, 11) is 0. The van der Waals surface area contributed by atoms with Crippen LogP contribution in [0.5, 0.6) is 0 Å². The summed E-state index contributed by atoms with van der Waals surface area (Å²) in [6.07, 6.45) is 4.92.